The number of aliphatic hydroxyl groups excluding tert-OH is 1. The summed E-state index contributed by atoms with van der Waals surface area (Å²) in [5.74, 6) is 0.979. The number of aliphatic hydroxyl groups is 1. The first kappa shape index (κ1) is 13.8. The maximum Gasteiger partial charge on any atom is 0.110 e. The number of aromatic nitrogens is 2. The number of imidazole rings is 1. The van der Waals surface area contributed by atoms with Gasteiger partial charge in [-0.1, -0.05) is 12.1 Å². The van der Waals surface area contributed by atoms with E-state index < -0.39 is 0 Å². The highest BCUT2D eigenvalue weighted by atomic mass is 16.3. The van der Waals surface area contributed by atoms with Crippen LogP contribution in [0.15, 0.2) is 36.7 Å². The highest BCUT2D eigenvalue weighted by Gasteiger charge is 2.09. The number of nitrogens with one attached hydrogen (secondary N) is 1. The average molecular weight is 259 g/mol. The zero-order valence-corrected chi connectivity index (χ0v) is 11.7. The number of hydrogen-bond acceptors (Lipinski definition) is 3. The van der Waals surface area contributed by atoms with Crippen molar-refractivity contribution in [1.82, 2.24) is 14.9 Å². The molecule has 0 saturated carbocycles. The van der Waals surface area contributed by atoms with Crippen LogP contribution in [0.4, 0.5) is 0 Å². The molecule has 0 aliphatic heterocycles. The molecule has 0 saturated heterocycles. The van der Waals surface area contributed by atoms with E-state index in [1.807, 2.05) is 20.0 Å². The van der Waals surface area contributed by atoms with Gasteiger partial charge in [-0.2, -0.15) is 0 Å². The van der Waals surface area contributed by atoms with Crippen molar-refractivity contribution < 1.29 is 5.11 Å². The first-order valence-electron chi connectivity index (χ1n) is 6.59. The number of hydrogen-bond donors (Lipinski definition) is 2. The van der Waals surface area contributed by atoms with Crippen molar-refractivity contribution >= 4 is 0 Å². The van der Waals surface area contributed by atoms with Gasteiger partial charge in [0, 0.05) is 30.2 Å². The summed E-state index contributed by atoms with van der Waals surface area (Å²) in [6.45, 7) is 6.21. The van der Waals surface area contributed by atoms with E-state index in [2.05, 4.69) is 46.1 Å². The van der Waals surface area contributed by atoms with E-state index in [9.17, 15) is 0 Å². The summed E-state index contributed by atoms with van der Waals surface area (Å²) in [7, 11) is 0. The molecule has 0 aliphatic carbocycles. The van der Waals surface area contributed by atoms with Gasteiger partial charge in [0.15, 0.2) is 0 Å². The summed E-state index contributed by atoms with van der Waals surface area (Å²) >= 11 is 0. The Labute approximate surface area is 114 Å². The molecule has 1 aromatic heterocycles. The van der Waals surface area contributed by atoms with E-state index in [1.165, 1.54) is 5.56 Å². The largest absolute Gasteiger partial charge is 0.395 e. The van der Waals surface area contributed by atoms with Crippen LogP contribution in [-0.2, 0) is 0 Å². The van der Waals surface area contributed by atoms with Crippen molar-refractivity contribution in [2.75, 3.05) is 6.61 Å². The van der Waals surface area contributed by atoms with Gasteiger partial charge in [-0.25, -0.2) is 4.98 Å². The van der Waals surface area contributed by atoms with Gasteiger partial charge in [0.25, 0.3) is 0 Å². The third kappa shape index (κ3) is 3.22. The predicted molar refractivity (Wildman–Crippen MR) is 76.4 cm³/mol. The third-order valence-corrected chi connectivity index (χ3v) is 3.31. The molecule has 0 bridgehead atoms. The second kappa shape index (κ2) is 5.99. The van der Waals surface area contributed by atoms with Crippen molar-refractivity contribution in [3.05, 3.63) is 48.0 Å². The molecule has 102 valence electrons. The van der Waals surface area contributed by atoms with Crippen molar-refractivity contribution in [2.24, 2.45) is 0 Å². The molecule has 0 radical (unpaired) electrons. The fraction of sp³-hybridized carbons (Fsp3) is 0.400. The van der Waals surface area contributed by atoms with Crippen molar-refractivity contribution in [3.63, 3.8) is 0 Å². The summed E-state index contributed by atoms with van der Waals surface area (Å²) < 4.78 is 2.05. The van der Waals surface area contributed by atoms with E-state index in [0.717, 1.165) is 11.5 Å². The molecule has 1 heterocycles. The second-order valence-electron chi connectivity index (χ2n) is 4.91. The lowest BCUT2D eigenvalue weighted by atomic mass is 10.1. The van der Waals surface area contributed by atoms with Crippen molar-refractivity contribution in [1.29, 1.82) is 0 Å². The zero-order chi connectivity index (χ0) is 13.8. The molecule has 0 fully saturated rings. The first-order chi connectivity index (χ1) is 9.11. The van der Waals surface area contributed by atoms with E-state index in [4.69, 9.17) is 5.11 Å². The summed E-state index contributed by atoms with van der Waals surface area (Å²) in [5.41, 5.74) is 2.32. The quantitative estimate of drug-likeness (QED) is 0.865. The molecule has 0 aliphatic rings. The first-order valence-corrected chi connectivity index (χ1v) is 6.59. The van der Waals surface area contributed by atoms with Gasteiger partial charge >= 0.3 is 0 Å². The van der Waals surface area contributed by atoms with Gasteiger partial charge in [-0.15, -0.1) is 0 Å². The van der Waals surface area contributed by atoms with Crippen molar-refractivity contribution in [2.45, 2.75) is 32.9 Å². The normalized spacial score (nSPS) is 14.3. The molecule has 0 amide bonds. The molecule has 2 atom stereocenters. The fourth-order valence-corrected chi connectivity index (χ4v) is 2.15. The second-order valence-corrected chi connectivity index (χ2v) is 4.91. The predicted octanol–water partition coefficient (Wildman–Crippen LogP) is 2.21. The van der Waals surface area contributed by atoms with E-state index in [-0.39, 0.29) is 18.7 Å². The van der Waals surface area contributed by atoms with Crippen LogP contribution in [0.2, 0.25) is 0 Å². The maximum atomic E-state index is 9.06. The van der Waals surface area contributed by atoms with Gasteiger partial charge < -0.3 is 15.0 Å². The van der Waals surface area contributed by atoms with Crippen LogP contribution < -0.4 is 5.32 Å². The molecule has 19 heavy (non-hydrogen) atoms. The fourth-order valence-electron chi connectivity index (χ4n) is 2.15. The van der Waals surface area contributed by atoms with E-state index in [1.54, 1.807) is 6.20 Å². The Morgan fingerprint density at radius 3 is 2.47 bits per heavy atom. The minimum atomic E-state index is 0.102. The van der Waals surface area contributed by atoms with E-state index in [0.29, 0.717) is 0 Å². The maximum absolute atomic E-state index is 9.06. The molecule has 4 heteroatoms. The zero-order valence-electron chi connectivity index (χ0n) is 11.7. The molecule has 2 rings (SSSR count). The van der Waals surface area contributed by atoms with Crippen molar-refractivity contribution in [3.8, 4) is 5.69 Å². The lowest BCUT2D eigenvalue weighted by Crippen LogP contribution is -2.31. The van der Waals surface area contributed by atoms with Gasteiger partial charge in [-0.3, -0.25) is 0 Å². The molecule has 1 unspecified atom stereocenters. The van der Waals surface area contributed by atoms with E-state index >= 15 is 0 Å². The summed E-state index contributed by atoms with van der Waals surface area (Å²) in [6, 6.07) is 8.72. The van der Waals surface area contributed by atoms with Crippen LogP contribution in [0.1, 0.15) is 31.3 Å². The monoisotopic (exact) mass is 259 g/mol. The van der Waals surface area contributed by atoms with Crippen LogP contribution in [0.5, 0.6) is 0 Å². The molecular formula is C15H21N3O. The number of nitrogens with zero attached hydrogens (tertiary/aromatic N) is 2. The van der Waals surface area contributed by atoms with Crippen LogP contribution in [-0.4, -0.2) is 27.3 Å². The molecule has 0 spiro atoms. The Bertz CT molecular complexity index is 518. The molecule has 2 aromatic rings. The SMILES string of the molecule is Cc1nccn1-c1ccc(C(C)N[C@H](C)CO)cc1. The number of benzene rings is 1. The molecular weight excluding hydrogens is 238 g/mol. The van der Waals surface area contributed by atoms with Gasteiger partial charge in [0.1, 0.15) is 5.82 Å². The Hall–Kier alpha value is -1.65. The van der Waals surface area contributed by atoms with Gasteiger partial charge in [0.05, 0.1) is 6.61 Å². The molecule has 1 aromatic carbocycles. The lowest BCUT2D eigenvalue weighted by molar-refractivity contribution is 0.243. The highest BCUT2D eigenvalue weighted by Crippen LogP contribution is 2.17. The highest BCUT2D eigenvalue weighted by molar-refractivity contribution is 5.36. The topological polar surface area (TPSA) is 50.1 Å². The van der Waals surface area contributed by atoms with Crippen LogP contribution in [0.3, 0.4) is 0 Å². The smallest absolute Gasteiger partial charge is 0.110 e. The summed E-state index contributed by atoms with van der Waals surface area (Å²) in [6.07, 6.45) is 3.76. The number of rotatable bonds is 5. The van der Waals surface area contributed by atoms with Gasteiger partial charge in [0.2, 0.25) is 0 Å². The van der Waals surface area contributed by atoms with Crippen LogP contribution in [0, 0.1) is 6.92 Å². The Kier molecular flexibility index (Phi) is 4.35. The third-order valence-electron chi connectivity index (χ3n) is 3.31. The van der Waals surface area contributed by atoms with Gasteiger partial charge in [-0.05, 0) is 38.5 Å². The minimum Gasteiger partial charge on any atom is -0.395 e. The Balaban J connectivity index is 2.12. The van der Waals surface area contributed by atoms with Crippen LogP contribution >= 0.6 is 0 Å². The summed E-state index contributed by atoms with van der Waals surface area (Å²) in [4.78, 5) is 4.22. The Morgan fingerprint density at radius 1 is 1.26 bits per heavy atom. The summed E-state index contributed by atoms with van der Waals surface area (Å²) in [5, 5.41) is 12.4. The molecule has 4 nitrogen and oxygen atoms in total. The number of aryl methyl sites for hydroxylation is 1. The minimum absolute atomic E-state index is 0.102. The lowest BCUT2D eigenvalue weighted by Gasteiger charge is -2.19. The Morgan fingerprint density at radius 2 is 1.95 bits per heavy atom. The molecule has 2 N–H and O–H groups in total. The average Bonchev–Trinajstić information content (AvgIpc) is 2.85. The van der Waals surface area contributed by atoms with Crippen LogP contribution in [0.25, 0.3) is 5.69 Å². The standard InChI is InChI=1S/C15H21N3O/c1-11(10-19)17-12(2)14-4-6-15(7-5-14)18-9-8-16-13(18)3/h4-9,11-12,17,19H,10H2,1-3H3/t11-,12?/m1/s1.